The fourth-order valence-corrected chi connectivity index (χ4v) is 2.81. The molecule has 1 aliphatic heterocycles. The van der Waals surface area contributed by atoms with Crippen LogP contribution in [0.15, 0.2) is 48.5 Å². The van der Waals surface area contributed by atoms with E-state index in [-0.39, 0.29) is 0 Å². The molecule has 2 aromatic rings. The molecule has 0 saturated carbocycles. The summed E-state index contributed by atoms with van der Waals surface area (Å²) in [7, 11) is 2.17. The van der Waals surface area contributed by atoms with Crippen molar-refractivity contribution < 1.29 is 0 Å². The van der Waals surface area contributed by atoms with Gasteiger partial charge in [-0.05, 0) is 22.8 Å². The summed E-state index contributed by atoms with van der Waals surface area (Å²) >= 11 is 0. The van der Waals surface area contributed by atoms with Gasteiger partial charge in [-0.15, -0.1) is 0 Å². The van der Waals surface area contributed by atoms with Crippen LogP contribution in [0.1, 0.15) is 29.5 Å². The number of para-hydroxylation sites is 1. The Morgan fingerprint density at radius 1 is 0.941 bits per heavy atom. The Bertz CT molecular complexity index is 545. The second-order valence-corrected chi connectivity index (χ2v) is 4.84. The standard InChI is InChI=1S/C16H17N/c1-12-14-8-4-3-7-13(14)11-17(2)16-10-6-5-9-15(12)16/h3-10,12H,11H2,1-2H3. The Hall–Kier alpha value is -1.76. The maximum absolute atomic E-state index is 2.34. The maximum Gasteiger partial charge on any atom is 0.0429 e. The molecule has 0 bridgehead atoms. The second-order valence-electron chi connectivity index (χ2n) is 4.84. The van der Waals surface area contributed by atoms with Gasteiger partial charge in [0.1, 0.15) is 0 Å². The molecule has 0 radical (unpaired) electrons. The van der Waals surface area contributed by atoms with Gasteiger partial charge in [0, 0.05) is 25.2 Å². The van der Waals surface area contributed by atoms with E-state index in [9.17, 15) is 0 Å². The lowest BCUT2D eigenvalue weighted by Crippen LogP contribution is -2.16. The third-order valence-corrected chi connectivity index (χ3v) is 3.74. The van der Waals surface area contributed by atoms with Crippen LogP contribution >= 0.6 is 0 Å². The Labute approximate surface area is 103 Å². The minimum Gasteiger partial charge on any atom is -0.370 e. The van der Waals surface area contributed by atoms with Crippen LogP contribution in [0, 0.1) is 0 Å². The fraction of sp³-hybridized carbons (Fsp3) is 0.250. The van der Waals surface area contributed by atoms with Crippen molar-refractivity contribution in [2.45, 2.75) is 19.4 Å². The molecule has 1 aliphatic rings. The van der Waals surface area contributed by atoms with Gasteiger partial charge in [0.25, 0.3) is 0 Å². The average molecular weight is 223 g/mol. The molecule has 1 heteroatoms. The summed E-state index contributed by atoms with van der Waals surface area (Å²) < 4.78 is 0. The van der Waals surface area contributed by atoms with Gasteiger partial charge in [-0.3, -0.25) is 0 Å². The highest BCUT2D eigenvalue weighted by atomic mass is 15.1. The third-order valence-electron chi connectivity index (χ3n) is 3.74. The summed E-state index contributed by atoms with van der Waals surface area (Å²) in [6, 6.07) is 17.5. The van der Waals surface area contributed by atoms with Crippen molar-refractivity contribution in [3.8, 4) is 0 Å². The van der Waals surface area contributed by atoms with Crippen molar-refractivity contribution in [3.05, 3.63) is 65.2 Å². The summed E-state index contributed by atoms with van der Waals surface area (Å²) in [6.45, 7) is 3.30. The summed E-state index contributed by atoms with van der Waals surface area (Å²) in [5.74, 6) is 0.479. The molecule has 1 heterocycles. The topological polar surface area (TPSA) is 3.24 Å². The Morgan fingerprint density at radius 2 is 1.59 bits per heavy atom. The van der Waals surface area contributed by atoms with E-state index in [1.165, 1.54) is 22.4 Å². The quantitative estimate of drug-likeness (QED) is 0.657. The van der Waals surface area contributed by atoms with E-state index >= 15 is 0 Å². The summed E-state index contributed by atoms with van der Waals surface area (Å²) in [5.41, 5.74) is 5.69. The Balaban J connectivity index is 2.22. The van der Waals surface area contributed by atoms with Crippen molar-refractivity contribution in [1.29, 1.82) is 0 Å². The fourth-order valence-electron chi connectivity index (χ4n) is 2.81. The van der Waals surface area contributed by atoms with Crippen LogP contribution in [0.5, 0.6) is 0 Å². The summed E-state index contributed by atoms with van der Waals surface area (Å²) in [4.78, 5) is 2.34. The molecule has 0 saturated heterocycles. The van der Waals surface area contributed by atoms with E-state index in [2.05, 4.69) is 67.4 Å². The van der Waals surface area contributed by atoms with E-state index in [0.717, 1.165) is 6.54 Å². The molecule has 0 amide bonds. The molecule has 0 fully saturated rings. The van der Waals surface area contributed by atoms with Crippen LogP contribution in [0.25, 0.3) is 0 Å². The summed E-state index contributed by atoms with van der Waals surface area (Å²) in [6.07, 6.45) is 0. The van der Waals surface area contributed by atoms with Gasteiger partial charge in [0.05, 0.1) is 0 Å². The second kappa shape index (κ2) is 3.92. The minimum atomic E-state index is 0.479. The van der Waals surface area contributed by atoms with Crippen molar-refractivity contribution in [2.24, 2.45) is 0 Å². The van der Waals surface area contributed by atoms with Gasteiger partial charge in [0.2, 0.25) is 0 Å². The molecule has 1 nitrogen and oxygen atoms in total. The van der Waals surface area contributed by atoms with Gasteiger partial charge < -0.3 is 4.90 Å². The van der Waals surface area contributed by atoms with E-state index in [1.54, 1.807) is 0 Å². The van der Waals surface area contributed by atoms with E-state index in [1.807, 2.05) is 0 Å². The number of anilines is 1. The zero-order chi connectivity index (χ0) is 11.8. The normalized spacial score (nSPS) is 18.2. The molecule has 17 heavy (non-hydrogen) atoms. The van der Waals surface area contributed by atoms with Crippen LogP contribution in [0.3, 0.4) is 0 Å². The highest BCUT2D eigenvalue weighted by Gasteiger charge is 2.21. The lowest BCUT2D eigenvalue weighted by molar-refractivity contribution is 0.911. The van der Waals surface area contributed by atoms with Crippen LogP contribution < -0.4 is 4.90 Å². The third kappa shape index (κ3) is 1.62. The molecular formula is C16H17N. The molecule has 1 atom stereocenters. The van der Waals surface area contributed by atoms with Crippen molar-refractivity contribution >= 4 is 5.69 Å². The Morgan fingerprint density at radius 3 is 2.41 bits per heavy atom. The highest BCUT2D eigenvalue weighted by molar-refractivity contribution is 5.60. The minimum absolute atomic E-state index is 0.479. The van der Waals surface area contributed by atoms with Gasteiger partial charge in [-0.25, -0.2) is 0 Å². The average Bonchev–Trinajstić information content (AvgIpc) is 2.48. The van der Waals surface area contributed by atoms with Crippen LogP contribution in [0.2, 0.25) is 0 Å². The molecule has 2 aromatic carbocycles. The molecule has 0 N–H and O–H groups in total. The molecule has 3 rings (SSSR count). The predicted molar refractivity (Wildman–Crippen MR) is 72.5 cm³/mol. The van der Waals surface area contributed by atoms with E-state index in [0.29, 0.717) is 5.92 Å². The first-order chi connectivity index (χ1) is 8.27. The van der Waals surface area contributed by atoms with Crippen LogP contribution in [0.4, 0.5) is 5.69 Å². The lowest BCUT2D eigenvalue weighted by Gasteiger charge is -2.20. The zero-order valence-corrected chi connectivity index (χ0v) is 10.4. The zero-order valence-electron chi connectivity index (χ0n) is 10.4. The van der Waals surface area contributed by atoms with Crippen LogP contribution in [-0.4, -0.2) is 7.05 Å². The Kier molecular flexibility index (Phi) is 2.40. The van der Waals surface area contributed by atoms with Crippen LogP contribution in [-0.2, 0) is 6.54 Å². The predicted octanol–water partition coefficient (Wildman–Crippen LogP) is 3.79. The lowest BCUT2D eigenvalue weighted by atomic mass is 9.90. The number of hydrogen-bond acceptors (Lipinski definition) is 1. The molecule has 0 aliphatic carbocycles. The number of nitrogens with zero attached hydrogens (tertiary/aromatic N) is 1. The number of fused-ring (bicyclic) bond motifs is 2. The first-order valence-corrected chi connectivity index (χ1v) is 6.15. The molecule has 0 aromatic heterocycles. The molecule has 0 spiro atoms. The van der Waals surface area contributed by atoms with Gasteiger partial charge in [0.15, 0.2) is 0 Å². The van der Waals surface area contributed by atoms with Crippen molar-refractivity contribution in [3.63, 3.8) is 0 Å². The van der Waals surface area contributed by atoms with Gasteiger partial charge in [-0.2, -0.15) is 0 Å². The molecule has 1 unspecified atom stereocenters. The first-order valence-electron chi connectivity index (χ1n) is 6.15. The SMILES string of the molecule is CC1c2ccccc2CN(C)c2ccccc21. The smallest absolute Gasteiger partial charge is 0.0429 e. The summed E-state index contributed by atoms with van der Waals surface area (Å²) in [5, 5.41) is 0. The number of benzene rings is 2. The van der Waals surface area contributed by atoms with E-state index < -0.39 is 0 Å². The largest absolute Gasteiger partial charge is 0.370 e. The monoisotopic (exact) mass is 223 g/mol. The van der Waals surface area contributed by atoms with E-state index in [4.69, 9.17) is 0 Å². The van der Waals surface area contributed by atoms with Crippen molar-refractivity contribution in [2.75, 3.05) is 11.9 Å². The molecular weight excluding hydrogens is 206 g/mol. The number of rotatable bonds is 0. The van der Waals surface area contributed by atoms with Gasteiger partial charge in [-0.1, -0.05) is 49.4 Å². The molecule has 86 valence electrons. The van der Waals surface area contributed by atoms with Crippen molar-refractivity contribution in [1.82, 2.24) is 0 Å². The number of hydrogen-bond donors (Lipinski definition) is 0. The highest BCUT2D eigenvalue weighted by Crippen LogP contribution is 2.37. The first kappa shape index (κ1) is 10.4. The maximum atomic E-state index is 2.34. The van der Waals surface area contributed by atoms with Gasteiger partial charge >= 0.3 is 0 Å².